The molecular weight excluding hydrogens is 687 g/mol. The molecule has 5 rings (SSSR count). The van der Waals surface area contributed by atoms with Gasteiger partial charge in [0.15, 0.2) is 0 Å². The average Bonchev–Trinajstić information content (AvgIpc) is 2.88. The van der Waals surface area contributed by atoms with E-state index in [9.17, 15) is 65.5 Å². The Morgan fingerprint density at radius 1 is 0.523 bits per heavy atom. The normalized spacial score (nSPS) is 11.4. The molecule has 0 aliphatic rings. The van der Waals surface area contributed by atoms with E-state index in [-0.39, 0.29) is 119 Å². The summed E-state index contributed by atoms with van der Waals surface area (Å²) in [7, 11) is -10.6. The first kappa shape index (κ1) is 38.5. The Labute approximate surface area is 330 Å². The summed E-state index contributed by atoms with van der Waals surface area (Å²) in [4.78, 5) is 48.7. The van der Waals surface area contributed by atoms with Crippen LogP contribution in [-0.4, -0.2) is 70.2 Å². The minimum atomic E-state index is -5.31. The number of rotatable bonds is 7. The Morgan fingerprint density at radius 3 is 1.39 bits per heavy atom. The van der Waals surface area contributed by atoms with Gasteiger partial charge in [0.05, 0.1) is 22.3 Å². The van der Waals surface area contributed by atoms with E-state index in [1.807, 2.05) is 12.1 Å². The van der Waals surface area contributed by atoms with Crippen LogP contribution in [0.3, 0.4) is 0 Å². The van der Waals surface area contributed by atoms with E-state index in [0.29, 0.717) is 21.5 Å². The summed E-state index contributed by atoms with van der Waals surface area (Å²) in [6, 6.07) is 13.2. The zero-order chi connectivity index (χ0) is 31.3. The van der Waals surface area contributed by atoms with Gasteiger partial charge in [-0.1, -0.05) is 42.5 Å². The largest absolute Gasteiger partial charge is 1.00 e. The quantitative estimate of drug-likeness (QED) is 0.0243. The van der Waals surface area contributed by atoms with Crippen LogP contribution in [0.4, 0.5) is 0 Å². The molecule has 5 aromatic carbocycles. The van der Waals surface area contributed by atoms with Crippen LogP contribution in [-0.2, 0) is 29.5 Å². The molecule has 0 aliphatic carbocycles. The van der Waals surface area contributed by atoms with Gasteiger partial charge in [-0.25, -0.2) is 36.0 Å². The van der Waals surface area contributed by atoms with Crippen molar-refractivity contribution in [1.29, 1.82) is 0 Å². The first-order valence-corrected chi connectivity index (χ1v) is 13.5. The zero-order valence-corrected chi connectivity index (χ0v) is 30.0. The van der Waals surface area contributed by atoms with Crippen LogP contribution >= 0.6 is 0 Å². The van der Waals surface area contributed by atoms with Crippen molar-refractivity contribution in [2.24, 2.45) is 0 Å². The fourth-order valence-electron chi connectivity index (χ4n) is 4.78. The molecule has 218 valence electrons. The number of fused-ring (bicyclic) bond motifs is 2. The van der Waals surface area contributed by atoms with E-state index in [1.54, 1.807) is 24.3 Å². The van der Waals surface area contributed by atoms with Gasteiger partial charge in [-0.05, 0) is 33.0 Å². The number of hydrogen-bond donors (Lipinski definition) is 4. The Kier molecular flexibility index (Phi) is 12.6. The van der Waals surface area contributed by atoms with E-state index in [2.05, 4.69) is 8.67 Å². The molecule has 0 aliphatic heterocycles. The second-order valence-corrected chi connectivity index (χ2v) is 10.2. The number of hydrogen-bond acceptors (Lipinski definition) is 12. The van der Waals surface area contributed by atoms with Crippen LogP contribution in [0.1, 0.15) is 41.4 Å². The minimum Gasteiger partial charge on any atom is -0.724 e. The molecule has 0 atom stereocenters. The summed E-state index contributed by atoms with van der Waals surface area (Å²) in [5.74, 6) is -6.58. The molecule has 0 spiro atoms. The summed E-state index contributed by atoms with van der Waals surface area (Å²) in [5.41, 5.74) is -2.93. The fraction of sp³-hybridized carbons (Fsp3) is 0. The fourth-order valence-corrected chi connectivity index (χ4v) is 5.32. The van der Waals surface area contributed by atoms with Crippen LogP contribution in [0.15, 0.2) is 48.5 Å². The molecule has 0 bridgehead atoms. The molecule has 5 aromatic rings. The summed E-state index contributed by atoms with van der Waals surface area (Å²) in [6.07, 6.45) is 0. The van der Waals surface area contributed by atoms with E-state index >= 15 is 0 Å². The molecule has 20 heteroatoms. The number of carbonyl (C=O) groups is 4. The first-order valence-electron chi connectivity index (χ1n) is 10.9. The number of carboxylic acid groups (broad SMARTS) is 4. The SMILES string of the molecule is O=C(O)c1c(C(=O)O)c2c(C(=O)O)ccc3c4cccc5cccc(c(c1C(=O)O)c23)c54.O=S(=O)([O-])OOS(=O)(=O)[O-].[K+].[K+]. The molecule has 44 heavy (non-hydrogen) atoms. The number of benzene rings is 5. The van der Waals surface area contributed by atoms with Gasteiger partial charge >= 0.3 is 127 Å². The molecular formula is C24H12K2O16S2. The van der Waals surface area contributed by atoms with E-state index < -0.39 is 66.9 Å². The molecule has 0 fully saturated rings. The van der Waals surface area contributed by atoms with E-state index in [4.69, 9.17) is 0 Å². The molecule has 0 radical (unpaired) electrons. The minimum absolute atomic E-state index is 0. The molecule has 0 saturated heterocycles. The second kappa shape index (κ2) is 14.4. The van der Waals surface area contributed by atoms with E-state index in [0.717, 1.165) is 5.39 Å². The first-order chi connectivity index (χ1) is 19.4. The predicted octanol–water partition coefficient (Wildman–Crippen LogP) is -3.61. The Bertz CT molecular complexity index is 2180. The number of aromatic carboxylic acids is 4. The van der Waals surface area contributed by atoms with Crippen LogP contribution in [0.5, 0.6) is 0 Å². The van der Waals surface area contributed by atoms with Gasteiger partial charge in [0.1, 0.15) is 0 Å². The standard InChI is InChI=1S/C24H12O8.2K.H2O8S2/c25-21(26)13-8-7-11-10-5-1-3-9-4-2-6-12(14(9)10)16-15(11)17(13)19(23(29)30)20(24(31)32)18(16)22(27)28;;;1-9(2,3)7-8-10(4,5)6/h1-8H,(H,25,26)(H,27,28)(H,29,30)(H,31,32);;;(H,1,2,3)(H,4,5,6)/q;2*+1;/p-2. The average molecular weight is 699 g/mol. The Balaban J connectivity index is 0.000000490. The Hall–Kier alpha value is -1.71. The van der Waals surface area contributed by atoms with Crippen molar-refractivity contribution < 1.29 is 177 Å². The third-order valence-electron chi connectivity index (χ3n) is 5.99. The molecule has 0 heterocycles. The van der Waals surface area contributed by atoms with Crippen LogP contribution in [0.2, 0.25) is 0 Å². The predicted molar refractivity (Wildman–Crippen MR) is 137 cm³/mol. The van der Waals surface area contributed by atoms with Gasteiger partial charge in [0.25, 0.3) is 0 Å². The van der Waals surface area contributed by atoms with Crippen LogP contribution in [0, 0.1) is 0 Å². The van der Waals surface area contributed by atoms with Crippen molar-refractivity contribution in [3.63, 3.8) is 0 Å². The van der Waals surface area contributed by atoms with Crippen molar-refractivity contribution in [2.45, 2.75) is 0 Å². The molecule has 0 unspecified atom stereocenters. The molecule has 0 amide bonds. The third kappa shape index (κ3) is 7.63. The monoisotopic (exact) mass is 698 g/mol. The van der Waals surface area contributed by atoms with Crippen molar-refractivity contribution in [1.82, 2.24) is 0 Å². The van der Waals surface area contributed by atoms with Gasteiger partial charge in [-0.3, -0.25) is 0 Å². The zero-order valence-electron chi connectivity index (χ0n) is 22.1. The molecule has 0 saturated carbocycles. The summed E-state index contributed by atoms with van der Waals surface area (Å²) in [5, 5.41) is 42.3. The van der Waals surface area contributed by atoms with Gasteiger partial charge in [-0.2, -0.15) is 0 Å². The van der Waals surface area contributed by atoms with Gasteiger partial charge in [-0.15, -0.1) is 8.67 Å². The van der Waals surface area contributed by atoms with Gasteiger partial charge in [0, 0.05) is 16.2 Å². The molecule has 16 nitrogen and oxygen atoms in total. The third-order valence-corrected chi connectivity index (χ3v) is 6.54. The maximum absolute atomic E-state index is 12.3. The van der Waals surface area contributed by atoms with Crippen molar-refractivity contribution >= 4 is 87.8 Å². The summed E-state index contributed by atoms with van der Waals surface area (Å²) in [6.45, 7) is 0. The second-order valence-electron chi connectivity index (χ2n) is 8.29. The van der Waals surface area contributed by atoms with Crippen molar-refractivity contribution in [3.8, 4) is 0 Å². The van der Waals surface area contributed by atoms with Crippen LogP contribution < -0.4 is 103 Å². The van der Waals surface area contributed by atoms with Crippen molar-refractivity contribution in [2.75, 3.05) is 0 Å². The van der Waals surface area contributed by atoms with Gasteiger partial charge in [0.2, 0.25) is 20.8 Å². The maximum Gasteiger partial charge on any atom is 1.00 e. The van der Waals surface area contributed by atoms with Gasteiger partial charge < -0.3 is 29.5 Å². The summed E-state index contributed by atoms with van der Waals surface area (Å²) < 4.78 is 61.5. The summed E-state index contributed by atoms with van der Waals surface area (Å²) >= 11 is 0. The molecule has 4 N–H and O–H groups in total. The van der Waals surface area contributed by atoms with E-state index in [1.165, 1.54) is 12.1 Å². The Morgan fingerprint density at radius 2 is 0.955 bits per heavy atom. The maximum atomic E-state index is 12.3. The molecule has 0 aromatic heterocycles. The van der Waals surface area contributed by atoms with Crippen molar-refractivity contribution in [3.05, 3.63) is 70.8 Å². The topological polar surface area (TPSA) is 282 Å². The van der Waals surface area contributed by atoms with Crippen LogP contribution in [0.25, 0.3) is 43.1 Å². The number of carboxylic acids is 4. The smallest absolute Gasteiger partial charge is 0.724 e.